The summed E-state index contributed by atoms with van der Waals surface area (Å²) in [6, 6.07) is 13.0. The number of anilines is 1. The second-order valence-corrected chi connectivity index (χ2v) is 6.35. The summed E-state index contributed by atoms with van der Waals surface area (Å²) in [6.45, 7) is 2.47. The van der Waals surface area contributed by atoms with Crippen molar-refractivity contribution in [2.75, 3.05) is 31.5 Å². The molecule has 0 saturated carbocycles. The molecule has 0 bridgehead atoms. The largest absolute Gasteiger partial charge is 0.336 e. The third-order valence-electron chi connectivity index (χ3n) is 3.83. The van der Waals surface area contributed by atoms with Gasteiger partial charge in [0.15, 0.2) is 0 Å². The molecule has 2 heterocycles. The van der Waals surface area contributed by atoms with Crippen molar-refractivity contribution in [1.82, 2.24) is 9.80 Å². The average Bonchev–Trinajstić information content (AvgIpc) is 2.99. The van der Waals surface area contributed by atoms with Gasteiger partial charge < -0.3 is 15.1 Å². The molecule has 2 aromatic rings. The third-order valence-corrected chi connectivity index (χ3v) is 4.69. The molecular formula is C17H19N3O2S. The standard InChI is InChI=1S/C17H19N3O2S/c21-16(15-8-4-13-23-15)19-9-5-10-20(12-11-19)17(22)18-14-6-2-1-3-7-14/h1-4,6-8,13H,5,9-12H2,(H,18,22). The minimum absolute atomic E-state index is 0.0605. The van der Waals surface area contributed by atoms with E-state index in [2.05, 4.69) is 5.32 Å². The van der Waals surface area contributed by atoms with E-state index < -0.39 is 0 Å². The molecule has 1 aliphatic heterocycles. The Morgan fingerprint density at radius 2 is 1.65 bits per heavy atom. The number of urea groups is 1. The van der Waals surface area contributed by atoms with E-state index in [9.17, 15) is 9.59 Å². The summed E-state index contributed by atoms with van der Waals surface area (Å²) in [5.74, 6) is 0.0605. The van der Waals surface area contributed by atoms with Crippen molar-refractivity contribution in [3.8, 4) is 0 Å². The number of amides is 3. The van der Waals surface area contributed by atoms with Crippen LogP contribution in [0, 0.1) is 0 Å². The molecule has 23 heavy (non-hydrogen) atoms. The number of hydrogen-bond acceptors (Lipinski definition) is 3. The molecule has 3 amide bonds. The Morgan fingerprint density at radius 3 is 2.39 bits per heavy atom. The van der Waals surface area contributed by atoms with E-state index in [0.717, 1.165) is 17.0 Å². The molecule has 1 aromatic heterocycles. The maximum Gasteiger partial charge on any atom is 0.321 e. The topological polar surface area (TPSA) is 52.7 Å². The highest BCUT2D eigenvalue weighted by Gasteiger charge is 2.23. The van der Waals surface area contributed by atoms with Crippen LogP contribution in [-0.4, -0.2) is 47.9 Å². The summed E-state index contributed by atoms with van der Waals surface area (Å²) in [5, 5.41) is 4.80. The highest BCUT2D eigenvalue weighted by molar-refractivity contribution is 7.12. The fraction of sp³-hybridized carbons (Fsp3) is 0.294. The first-order chi connectivity index (χ1) is 11.2. The molecule has 0 radical (unpaired) electrons. The maximum absolute atomic E-state index is 12.4. The summed E-state index contributed by atoms with van der Waals surface area (Å²) in [5.41, 5.74) is 0.785. The molecule has 3 rings (SSSR count). The average molecular weight is 329 g/mol. The lowest BCUT2D eigenvalue weighted by molar-refractivity contribution is 0.0767. The van der Waals surface area contributed by atoms with Crippen LogP contribution in [0.2, 0.25) is 0 Å². The summed E-state index contributed by atoms with van der Waals surface area (Å²) < 4.78 is 0. The molecule has 0 atom stereocenters. The first kappa shape index (κ1) is 15.6. The number of nitrogens with zero attached hydrogens (tertiary/aromatic N) is 2. The molecule has 1 aliphatic rings. The Labute approximate surface area is 139 Å². The molecule has 0 spiro atoms. The lowest BCUT2D eigenvalue weighted by atomic mass is 10.3. The van der Waals surface area contributed by atoms with Crippen LogP contribution in [0.15, 0.2) is 47.8 Å². The smallest absolute Gasteiger partial charge is 0.321 e. The van der Waals surface area contributed by atoms with E-state index in [0.29, 0.717) is 26.2 Å². The van der Waals surface area contributed by atoms with Gasteiger partial charge in [-0.1, -0.05) is 24.3 Å². The highest BCUT2D eigenvalue weighted by atomic mass is 32.1. The van der Waals surface area contributed by atoms with Crippen LogP contribution >= 0.6 is 11.3 Å². The molecule has 0 aliphatic carbocycles. The van der Waals surface area contributed by atoms with E-state index in [1.807, 2.05) is 52.7 Å². The summed E-state index contributed by atoms with van der Waals surface area (Å²) >= 11 is 1.46. The number of nitrogens with one attached hydrogen (secondary N) is 1. The van der Waals surface area contributed by atoms with Crippen molar-refractivity contribution in [3.63, 3.8) is 0 Å². The predicted molar refractivity (Wildman–Crippen MR) is 91.9 cm³/mol. The van der Waals surface area contributed by atoms with Crippen LogP contribution < -0.4 is 5.32 Å². The molecule has 120 valence electrons. The lowest BCUT2D eigenvalue weighted by Gasteiger charge is -2.22. The Bertz CT molecular complexity index is 658. The van der Waals surface area contributed by atoms with Crippen molar-refractivity contribution >= 4 is 29.0 Å². The van der Waals surface area contributed by atoms with Gasteiger partial charge in [0.2, 0.25) is 0 Å². The van der Waals surface area contributed by atoms with Gasteiger partial charge in [-0.2, -0.15) is 0 Å². The highest BCUT2D eigenvalue weighted by Crippen LogP contribution is 2.15. The molecule has 6 heteroatoms. The van der Waals surface area contributed by atoms with Crippen LogP contribution in [0.25, 0.3) is 0 Å². The molecular weight excluding hydrogens is 310 g/mol. The van der Waals surface area contributed by atoms with Gasteiger partial charge in [0.25, 0.3) is 5.91 Å². The number of hydrogen-bond donors (Lipinski definition) is 1. The van der Waals surface area contributed by atoms with Gasteiger partial charge in [0.05, 0.1) is 4.88 Å². The van der Waals surface area contributed by atoms with Crippen molar-refractivity contribution in [3.05, 3.63) is 52.7 Å². The summed E-state index contributed by atoms with van der Waals surface area (Å²) in [7, 11) is 0. The van der Waals surface area contributed by atoms with E-state index >= 15 is 0 Å². The second-order valence-electron chi connectivity index (χ2n) is 5.41. The van der Waals surface area contributed by atoms with E-state index in [1.54, 1.807) is 4.90 Å². The molecule has 1 N–H and O–H groups in total. The first-order valence-electron chi connectivity index (χ1n) is 7.68. The Balaban J connectivity index is 1.58. The SMILES string of the molecule is O=C(Nc1ccccc1)N1CCCN(C(=O)c2cccs2)CC1. The Hall–Kier alpha value is -2.34. The van der Waals surface area contributed by atoms with Crippen LogP contribution in [0.5, 0.6) is 0 Å². The van der Waals surface area contributed by atoms with Crippen molar-refractivity contribution < 1.29 is 9.59 Å². The van der Waals surface area contributed by atoms with Gasteiger partial charge in [0.1, 0.15) is 0 Å². The van der Waals surface area contributed by atoms with Gasteiger partial charge in [-0.05, 0) is 30.0 Å². The van der Waals surface area contributed by atoms with Crippen LogP contribution in [-0.2, 0) is 0 Å². The molecule has 0 unspecified atom stereocenters. The quantitative estimate of drug-likeness (QED) is 0.920. The number of para-hydroxylation sites is 1. The second kappa shape index (κ2) is 7.28. The first-order valence-corrected chi connectivity index (χ1v) is 8.56. The van der Waals surface area contributed by atoms with E-state index in [4.69, 9.17) is 0 Å². The summed E-state index contributed by atoms with van der Waals surface area (Å²) in [4.78, 5) is 29.1. The van der Waals surface area contributed by atoms with Crippen LogP contribution in [0.1, 0.15) is 16.1 Å². The number of carbonyl (C=O) groups excluding carboxylic acids is 2. The number of rotatable bonds is 2. The van der Waals surface area contributed by atoms with Gasteiger partial charge >= 0.3 is 6.03 Å². The van der Waals surface area contributed by atoms with Crippen molar-refractivity contribution in [2.45, 2.75) is 6.42 Å². The Kier molecular flexibility index (Phi) is 4.92. The van der Waals surface area contributed by atoms with Gasteiger partial charge in [-0.15, -0.1) is 11.3 Å². The van der Waals surface area contributed by atoms with Gasteiger partial charge in [-0.3, -0.25) is 4.79 Å². The fourth-order valence-electron chi connectivity index (χ4n) is 2.60. The fourth-order valence-corrected chi connectivity index (χ4v) is 3.29. The van der Waals surface area contributed by atoms with Crippen LogP contribution in [0.4, 0.5) is 10.5 Å². The molecule has 5 nitrogen and oxygen atoms in total. The molecule has 1 saturated heterocycles. The number of thiophene rings is 1. The Morgan fingerprint density at radius 1 is 0.913 bits per heavy atom. The molecule has 1 fully saturated rings. The van der Waals surface area contributed by atoms with E-state index in [-0.39, 0.29) is 11.9 Å². The predicted octanol–water partition coefficient (Wildman–Crippen LogP) is 3.13. The number of carbonyl (C=O) groups is 2. The monoisotopic (exact) mass is 329 g/mol. The zero-order valence-electron chi connectivity index (χ0n) is 12.8. The number of benzene rings is 1. The van der Waals surface area contributed by atoms with Crippen molar-refractivity contribution in [2.24, 2.45) is 0 Å². The third kappa shape index (κ3) is 3.90. The normalized spacial score (nSPS) is 15.1. The zero-order chi connectivity index (χ0) is 16.1. The minimum Gasteiger partial charge on any atom is -0.336 e. The van der Waals surface area contributed by atoms with Crippen LogP contribution in [0.3, 0.4) is 0 Å². The zero-order valence-corrected chi connectivity index (χ0v) is 13.6. The summed E-state index contributed by atoms with van der Waals surface area (Å²) in [6.07, 6.45) is 0.791. The lowest BCUT2D eigenvalue weighted by Crippen LogP contribution is -2.39. The van der Waals surface area contributed by atoms with Gasteiger partial charge in [-0.25, -0.2) is 4.79 Å². The maximum atomic E-state index is 12.4. The minimum atomic E-state index is -0.110. The van der Waals surface area contributed by atoms with Crippen molar-refractivity contribution in [1.29, 1.82) is 0 Å². The van der Waals surface area contributed by atoms with E-state index in [1.165, 1.54) is 11.3 Å². The molecule has 1 aromatic carbocycles. The van der Waals surface area contributed by atoms with Gasteiger partial charge in [0, 0.05) is 31.9 Å².